The number of nitrogens with one attached hydrogen (secondary N) is 2. The second-order valence-corrected chi connectivity index (χ2v) is 8.33. The molecule has 2 N–H and O–H groups in total. The molecule has 3 aromatic carbocycles. The lowest BCUT2D eigenvalue weighted by atomic mass is 10.2. The molecule has 0 unspecified atom stereocenters. The number of benzene rings is 3. The first-order chi connectivity index (χ1) is 18.1. The molecule has 5 rings (SSSR count). The van der Waals surface area contributed by atoms with E-state index in [0.717, 1.165) is 10.9 Å². The summed E-state index contributed by atoms with van der Waals surface area (Å²) in [6, 6.07) is 20.0. The van der Waals surface area contributed by atoms with Gasteiger partial charge in [0.25, 0.3) is 5.91 Å². The largest absolute Gasteiger partial charge is 0.493 e. The minimum Gasteiger partial charge on any atom is -0.493 e. The maximum atomic E-state index is 12.4. The summed E-state index contributed by atoms with van der Waals surface area (Å²) < 4.78 is 11.6. The van der Waals surface area contributed by atoms with Gasteiger partial charge in [-0.15, -0.1) is 0 Å². The van der Waals surface area contributed by atoms with Crippen molar-refractivity contribution in [1.29, 1.82) is 0 Å². The fourth-order valence-electron chi connectivity index (χ4n) is 3.54. The van der Waals surface area contributed by atoms with Crippen molar-refractivity contribution >= 4 is 45.9 Å². The van der Waals surface area contributed by atoms with Crippen LogP contribution in [0, 0.1) is 0 Å². The van der Waals surface area contributed by atoms with Gasteiger partial charge in [-0.05, 0) is 35.9 Å². The van der Waals surface area contributed by atoms with Crippen molar-refractivity contribution in [3.05, 3.63) is 102 Å². The molecule has 0 fully saturated rings. The molecule has 0 aliphatic heterocycles. The summed E-state index contributed by atoms with van der Waals surface area (Å²) in [5, 5.41) is 7.13. The highest BCUT2D eigenvalue weighted by Gasteiger charge is 2.13. The van der Waals surface area contributed by atoms with Crippen molar-refractivity contribution in [2.24, 2.45) is 0 Å². The molecule has 0 saturated carbocycles. The lowest BCUT2D eigenvalue weighted by Gasteiger charge is -2.14. The van der Waals surface area contributed by atoms with Gasteiger partial charge in [0.15, 0.2) is 11.5 Å². The number of anilines is 3. The van der Waals surface area contributed by atoms with E-state index in [4.69, 9.17) is 21.1 Å². The molecule has 0 atom stereocenters. The number of amides is 1. The predicted molar refractivity (Wildman–Crippen MR) is 142 cm³/mol. The molecule has 1 amide bonds. The summed E-state index contributed by atoms with van der Waals surface area (Å²) in [4.78, 5) is 29.6. The number of ether oxygens (including phenoxy) is 2. The number of carbonyl (C=O) groups is 1. The maximum absolute atomic E-state index is 12.4. The van der Waals surface area contributed by atoms with Gasteiger partial charge in [0.05, 0.1) is 30.7 Å². The number of halogens is 1. The standard InChI is InChI=1S/C27H21ClN6O3/c1-36-23-11-21-22(12-24(23)37-15-17-5-3-2-4-6-17)31-16-32-25(21)33-20-13-29-27(30-14-20)34-26(35)18-7-9-19(28)10-8-18/h2-14,16H,15H2,1H3,(H,31,32,33)(H,29,30,34,35). The van der Waals surface area contributed by atoms with Crippen LogP contribution in [0.1, 0.15) is 15.9 Å². The quantitative estimate of drug-likeness (QED) is 0.274. The first-order valence-corrected chi connectivity index (χ1v) is 11.6. The summed E-state index contributed by atoms with van der Waals surface area (Å²) in [5.74, 6) is 1.50. The van der Waals surface area contributed by atoms with E-state index in [1.165, 1.54) is 6.33 Å². The first-order valence-electron chi connectivity index (χ1n) is 11.2. The normalized spacial score (nSPS) is 10.6. The van der Waals surface area contributed by atoms with E-state index < -0.39 is 0 Å². The Kier molecular flexibility index (Phi) is 7.05. The Labute approximate surface area is 217 Å². The van der Waals surface area contributed by atoms with Crippen molar-refractivity contribution in [2.45, 2.75) is 6.61 Å². The molecule has 0 saturated heterocycles. The topological polar surface area (TPSA) is 111 Å². The summed E-state index contributed by atoms with van der Waals surface area (Å²) in [7, 11) is 1.58. The van der Waals surface area contributed by atoms with Crippen molar-refractivity contribution < 1.29 is 14.3 Å². The first kappa shape index (κ1) is 24.0. The highest BCUT2D eigenvalue weighted by atomic mass is 35.5. The van der Waals surface area contributed by atoms with Crippen LogP contribution < -0.4 is 20.1 Å². The third-order valence-corrected chi connectivity index (χ3v) is 5.66. The predicted octanol–water partition coefficient (Wildman–Crippen LogP) is 5.66. The lowest BCUT2D eigenvalue weighted by Crippen LogP contribution is -2.14. The minimum atomic E-state index is -0.337. The average Bonchev–Trinajstić information content (AvgIpc) is 2.93. The van der Waals surface area contributed by atoms with E-state index in [1.54, 1.807) is 43.8 Å². The van der Waals surface area contributed by atoms with E-state index in [0.29, 0.717) is 45.7 Å². The summed E-state index contributed by atoms with van der Waals surface area (Å²) in [5.41, 5.74) is 2.74. The van der Waals surface area contributed by atoms with Crippen LogP contribution in [-0.2, 0) is 6.61 Å². The van der Waals surface area contributed by atoms with E-state index in [2.05, 4.69) is 30.6 Å². The summed E-state index contributed by atoms with van der Waals surface area (Å²) in [6.07, 6.45) is 4.56. The van der Waals surface area contributed by atoms with Gasteiger partial charge in [0, 0.05) is 22.0 Å². The second kappa shape index (κ2) is 10.9. The van der Waals surface area contributed by atoms with Gasteiger partial charge in [-0.2, -0.15) is 0 Å². The van der Waals surface area contributed by atoms with Gasteiger partial charge in [0.2, 0.25) is 5.95 Å². The van der Waals surface area contributed by atoms with Gasteiger partial charge in [-0.3, -0.25) is 10.1 Å². The Hall–Kier alpha value is -4.76. The van der Waals surface area contributed by atoms with E-state index in [-0.39, 0.29) is 11.9 Å². The van der Waals surface area contributed by atoms with Crippen LogP contribution in [0.2, 0.25) is 5.02 Å². The molecular weight excluding hydrogens is 492 g/mol. The molecule has 0 aliphatic rings. The number of rotatable bonds is 8. The molecule has 0 aliphatic carbocycles. The van der Waals surface area contributed by atoms with Crippen LogP contribution in [0.15, 0.2) is 85.5 Å². The zero-order chi connectivity index (χ0) is 25.6. The van der Waals surface area contributed by atoms with E-state index >= 15 is 0 Å². The lowest BCUT2D eigenvalue weighted by molar-refractivity contribution is 0.102. The van der Waals surface area contributed by atoms with Crippen LogP contribution in [0.25, 0.3) is 10.9 Å². The highest BCUT2D eigenvalue weighted by molar-refractivity contribution is 6.30. The Bertz CT molecular complexity index is 1530. The molecule has 0 bridgehead atoms. The molecule has 9 nitrogen and oxygen atoms in total. The fourth-order valence-corrected chi connectivity index (χ4v) is 3.67. The Morgan fingerprint density at radius 1 is 0.919 bits per heavy atom. The number of fused-ring (bicyclic) bond motifs is 1. The van der Waals surface area contributed by atoms with Crippen LogP contribution >= 0.6 is 11.6 Å². The molecule has 2 heterocycles. The fraction of sp³-hybridized carbons (Fsp3) is 0.0741. The van der Waals surface area contributed by atoms with Gasteiger partial charge in [-0.1, -0.05) is 41.9 Å². The maximum Gasteiger partial charge on any atom is 0.258 e. The zero-order valence-corrected chi connectivity index (χ0v) is 20.4. The number of hydrogen-bond acceptors (Lipinski definition) is 8. The molecule has 2 aromatic heterocycles. The number of nitrogens with zero attached hydrogens (tertiary/aromatic N) is 4. The molecular formula is C27H21ClN6O3. The van der Waals surface area contributed by atoms with Gasteiger partial charge in [0.1, 0.15) is 18.8 Å². The van der Waals surface area contributed by atoms with Crippen LogP contribution in [0.5, 0.6) is 11.5 Å². The Balaban J connectivity index is 1.32. The van der Waals surface area contributed by atoms with Crippen molar-refractivity contribution in [3.63, 3.8) is 0 Å². The number of carbonyl (C=O) groups excluding carboxylic acids is 1. The van der Waals surface area contributed by atoms with Crippen LogP contribution in [-0.4, -0.2) is 33.0 Å². The average molecular weight is 513 g/mol. The SMILES string of the molecule is COc1cc2c(Nc3cnc(NC(=O)c4ccc(Cl)cc4)nc3)ncnc2cc1OCc1ccccc1. The molecule has 0 radical (unpaired) electrons. The third kappa shape index (κ3) is 5.74. The van der Waals surface area contributed by atoms with E-state index in [1.807, 2.05) is 42.5 Å². The number of methoxy groups -OCH3 is 1. The third-order valence-electron chi connectivity index (χ3n) is 5.40. The molecule has 37 heavy (non-hydrogen) atoms. The number of hydrogen-bond donors (Lipinski definition) is 2. The Morgan fingerprint density at radius 2 is 1.68 bits per heavy atom. The number of aromatic nitrogens is 4. The highest BCUT2D eigenvalue weighted by Crippen LogP contribution is 2.35. The van der Waals surface area contributed by atoms with Crippen molar-refractivity contribution in [1.82, 2.24) is 19.9 Å². The van der Waals surface area contributed by atoms with Gasteiger partial charge >= 0.3 is 0 Å². The van der Waals surface area contributed by atoms with Crippen molar-refractivity contribution in [2.75, 3.05) is 17.7 Å². The monoisotopic (exact) mass is 512 g/mol. The van der Waals surface area contributed by atoms with Crippen LogP contribution in [0.3, 0.4) is 0 Å². The Morgan fingerprint density at radius 3 is 2.41 bits per heavy atom. The van der Waals surface area contributed by atoms with Crippen LogP contribution in [0.4, 0.5) is 17.5 Å². The summed E-state index contributed by atoms with van der Waals surface area (Å²) >= 11 is 5.87. The second-order valence-electron chi connectivity index (χ2n) is 7.90. The molecule has 0 spiro atoms. The van der Waals surface area contributed by atoms with E-state index in [9.17, 15) is 4.79 Å². The smallest absolute Gasteiger partial charge is 0.258 e. The van der Waals surface area contributed by atoms with Crippen molar-refractivity contribution in [3.8, 4) is 11.5 Å². The minimum absolute atomic E-state index is 0.167. The molecule has 5 aromatic rings. The van der Waals surface area contributed by atoms with Gasteiger partial charge in [-0.25, -0.2) is 19.9 Å². The summed E-state index contributed by atoms with van der Waals surface area (Å²) in [6.45, 7) is 0.400. The van der Waals surface area contributed by atoms with Gasteiger partial charge < -0.3 is 14.8 Å². The zero-order valence-electron chi connectivity index (χ0n) is 19.7. The molecule has 10 heteroatoms. The molecule has 184 valence electrons.